The maximum absolute atomic E-state index is 11.4. The van der Waals surface area contributed by atoms with Crippen LogP contribution in [0.5, 0.6) is 0 Å². The average molecular weight is 209 g/mol. The third-order valence-electron chi connectivity index (χ3n) is 2.72. The van der Waals surface area contributed by atoms with Gasteiger partial charge in [-0.2, -0.15) is 0 Å². The quantitative estimate of drug-likeness (QED) is 0.710. The molecule has 82 valence electrons. The van der Waals surface area contributed by atoms with Crippen LogP contribution in [0.1, 0.15) is 29.0 Å². The van der Waals surface area contributed by atoms with Crippen LogP contribution in [0.2, 0.25) is 0 Å². The van der Waals surface area contributed by atoms with Gasteiger partial charge < -0.3 is 9.15 Å². The summed E-state index contributed by atoms with van der Waals surface area (Å²) >= 11 is 0. The summed E-state index contributed by atoms with van der Waals surface area (Å²) in [4.78, 5) is 13.7. The van der Waals surface area contributed by atoms with Gasteiger partial charge in [-0.05, 0) is 32.0 Å². The van der Waals surface area contributed by atoms with Gasteiger partial charge in [-0.15, -0.1) is 0 Å². The molecule has 1 aromatic rings. The van der Waals surface area contributed by atoms with E-state index >= 15 is 0 Å². The van der Waals surface area contributed by atoms with Crippen LogP contribution in [0, 0.1) is 0 Å². The SMILES string of the molecule is COC(=O)c1ccoc1CN1CCCC1. The second-order valence-corrected chi connectivity index (χ2v) is 3.73. The molecule has 1 fully saturated rings. The molecule has 1 aromatic heterocycles. The van der Waals surface area contributed by atoms with Gasteiger partial charge in [0.15, 0.2) is 0 Å². The highest BCUT2D eigenvalue weighted by molar-refractivity contribution is 5.90. The minimum Gasteiger partial charge on any atom is -0.467 e. The molecule has 0 saturated carbocycles. The highest BCUT2D eigenvalue weighted by atomic mass is 16.5. The lowest BCUT2D eigenvalue weighted by molar-refractivity contribution is 0.0596. The zero-order chi connectivity index (χ0) is 10.7. The Kier molecular flexibility index (Phi) is 3.06. The Morgan fingerprint density at radius 1 is 1.53 bits per heavy atom. The maximum Gasteiger partial charge on any atom is 0.341 e. The van der Waals surface area contributed by atoms with Crippen molar-refractivity contribution >= 4 is 5.97 Å². The number of nitrogens with zero attached hydrogens (tertiary/aromatic N) is 1. The predicted octanol–water partition coefficient (Wildman–Crippen LogP) is 1.66. The smallest absolute Gasteiger partial charge is 0.341 e. The molecule has 0 atom stereocenters. The fourth-order valence-electron chi connectivity index (χ4n) is 1.90. The van der Waals surface area contributed by atoms with Crippen LogP contribution in [0.3, 0.4) is 0 Å². The summed E-state index contributed by atoms with van der Waals surface area (Å²) in [5.74, 6) is 0.390. The molecule has 0 unspecified atom stereocenters. The van der Waals surface area contributed by atoms with Crippen molar-refractivity contribution in [2.45, 2.75) is 19.4 Å². The fraction of sp³-hybridized carbons (Fsp3) is 0.545. The van der Waals surface area contributed by atoms with Crippen LogP contribution in [-0.2, 0) is 11.3 Å². The van der Waals surface area contributed by atoms with E-state index in [1.165, 1.54) is 26.2 Å². The first-order valence-corrected chi connectivity index (χ1v) is 5.18. The Morgan fingerprint density at radius 2 is 2.27 bits per heavy atom. The van der Waals surface area contributed by atoms with Crippen molar-refractivity contribution in [3.8, 4) is 0 Å². The molecule has 2 rings (SSSR count). The summed E-state index contributed by atoms with van der Waals surface area (Å²) in [7, 11) is 1.38. The molecule has 4 heteroatoms. The fourth-order valence-corrected chi connectivity index (χ4v) is 1.90. The normalized spacial score (nSPS) is 16.9. The van der Waals surface area contributed by atoms with E-state index in [-0.39, 0.29) is 5.97 Å². The minimum absolute atomic E-state index is 0.321. The molecule has 0 bridgehead atoms. The van der Waals surface area contributed by atoms with Crippen molar-refractivity contribution in [1.29, 1.82) is 0 Å². The van der Waals surface area contributed by atoms with Crippen LogP contribution in [-0.4, -0.2) is 31.1 Å². The maximum atomic E-state index is 11.4. The first kappa shape index (κ1) is 10.2. The zero-order valence-corrected chi connectivity index (χ0v) is 8.86. The molecule has 0 spiro atoms. The molecule has 1 saturated heterocycles. The van der Waals surface area contributed by atoms with Gasteiger partial charge in [0.1, 0.15) is 11.3 Å². The molecule has 0 N–H and O–H groups in total. The van der Waals surface area contributed by atoms with Crippen LogP contribution in [0.25, 0.3) is 0 Å². The number of likely N-dealkylation sites (tertiary alicyclic amines) is 1. The van der Waals surface area contributed by atoms with Crippen molar-refractivity contribution in [1.82, 2.24) is 4.90 Å². The zero-order valence-electron chi connectivity index (χ0n) is 8.86. The van der Waals surface area contributed by atoms with E-state index < -0.39 is 0 Å². The predicted molar refractivity (Wildman–Crippen MR) is 54.6 cm³/mol. The van der Waals surface area contributed by atoms with E-state index in [0.29, 0.717) is 17.9 Å². The van der Waals surface area contributed by atoms with E-state index in [0.717, 1.165) is 13.1 Å². The third-order valence-corrected chi connectivity index (χ3v) is 2.72. The molecule has 0 amide bonds. The van der Waals surface area contributed by atoms with Gasteiger partial charge in [0.05, 0.1) is 19.9 Å². The summed E-state index contributed by atoms with van der Waals surface area (Å²) < 4.78 is 9.99. The molecule has 4 nitrogen and oxygen atoms in total. The Bertz CT molecular complexity index is 339. The highest BCUT2D eigenvalue weighted by Crippen LogP contribution is 2.17. The van der Waals surface area contributed by atoms with Crippen molar-refractivity contribution in [2.24, 2.45) is 0 Å². The van der Waals surface area contributed by atoms with E-state index in [1.54, 1.807) is 6.07 Å². The number of esters is 1. The number of ether oxygens (including phenoxy) is 1. The number of furan rings is 1. The Balaban J connectivity index is 2.07. The van der Waals surface area contributed by atoms with E-state index in [2.05, 4.69) is 9.64 Å². The number of methoxy groups -OCH3 is 1. The molecule has 1 aliphatic heterocycles. The number of hydrogen-bond donors (Lipinski definition) is 0. The lowest BCUT2D eigenvalue weighted by Gasteiger charge is -2.12. The Labute approximate surface area is 88.8 Å². The second-order valence-electron chi connectivity index (χ2n) is 3.73. The monoisotopic (exact) mass is 209 g/mol. The average Bonchev–Trinajstić information content (AvgIpc) is 2.88. The van der Waals surface area contributed by atoms with Gasteiger partial charge in [0.2, 0.25) is 0 Å². The standard InChI is InChI=1S/C11H15NO3/c1-14-11(13)9-4-7-15-10(9)8-12-5-2-3-6-12/h4,7H,2-3,5-6,8H2,1H3. The summed E-state index contributed by atoms with van der Waals surface area (Å²) in [5, 5.41) is 0. The molecule has 0 aliphatic carbocycles. The van der Waals surface area contributed by atoms with Gasteiger partial charge in [-0.3, -0.25) is 4.90 Å². The van der Waals surface area contributed by atoms with E-state index in [1.807, 2.05) is 0 Å². The van der Waals surface area contributed by atoms with Gasteiger partial charge >= 0.3 is 5.97 Å². The molecular formula is C11H15NO3. The number of carbonyl (C=O) groups excluding carboxylic acids is 1. The molecule has 2 heterocycles. The number of rotatable bonds is 3. The van der Waals surface area contributed by atoms with E-state index in [9.17, 15) is 4.79 Å². The minimum atomic E-state index is -0.321. The first-order valence-electron chi connectivity index (χ1n) is 5.18. The van der Waals surface area contributed by atoms with Gasteiger partial charge in [0.25, 0.3) is 0 Å². The Morgan fingerprint density at radius 3 is 2.93 bits per heavy atom. The molecule has 0 radical (unpaired) electrons. The largest absolute Gasteiger partial charge is 0.467 e. The molecule has 0 aromatic carbocycles. The molecular weight excluding hydrogens is 194 g/mol. The summed E-state index contributed by atoms with van der Waals surface area (Å²) in [6, 6.07) is 1.66. The van der Waals surface area contributed by atoms with Crippen LogP contribution in [0.4, 0.5) is 0 Å². The lowest BCUT2D eigenvalue weighted by atomic mass is 10.2. The summed E-state index contributed by atoms with van der Waals surface area (Å²) in [5.41, 5.74) is 0.546. The van der Waals surface area contributed by atoms with Crippen LogP contribution < -0.4 is 0 Å². The topological polar surface area (TPSA) is 42.7 Å². The van der Waals surface area contributed by atoms with Crippen molar-refractivity contribution < 1.29 is 13.9 Å². The number of hydrogen-bond acceptors (Lipinski definition) is 4. The van der Waals surface area contributed by atoms with Gasteiger partial charge in [-0.1, -0.05) is 0 Å². The summed E-state index contributed by atoms with van der Waals surface area (Å²) in [6.07, 6.45) is 4.00. The summed E-state index contributed by atoms with van der Waals surface area (Å²) in [6.45, 7) is 2.88. The van der Waals surface area contributed by atoms with Crippen molar-refractivity contribution in [3.05, 3.63) is 23.7 Å². The van der Waals surface area contributed by atoms with E-state index in [4.69, 9.17) is 4.42 Å². The molecule has 15 heavy (non-hydrogen) atoms. The Hall–Kier alpha value is -1.29. The number of carbonyl (C=O) groups is 1. The first-order chi connectivity index (χ1) is 7.31. The van der Waals surface area contributed by atoms with Crippen molar-refractivity contribution in [2.75, 3.05) is 20.2 Å². The third kappa shape index (κ3) is 2.21. The lowest BCUT2D eigenvalue weighted by Crippen LogP contribution is -2.19. The van der Waals surface area contributed by atoms with Crippen LogP contribution >= 0.6 is 0 Å². The molecule has 1 aliphatic rings. The van der Waals surface area contributed by atoms with Crippen molar-refractivity contribution in [3.63, 3.8) is 0 Å². The van der Waals surface area contributed by atoms with Gasteiger partial charge in [0, 0.05) is 0 Å². The van der Waals surface area contributed by atoms with Crippen LogP contribution in [0.15, 0.2) is 16.7 Å². The van der Waals surface area contributed by atoms with Gasteiger partial charge in [-0.25, -0.2) is 4.79 Å². The second kappa shape index (κ2) is 4.49. The highest BCUT2D eigenvalue weighted by Gasteiger charge is 2.19.